The van der Waals surface area contributed by atoms with Crippen molar-refractivity contribution in [2.45, 2.75) is 12.8 Å². The van der Waals surface area contributed by atoms with Gasteiger partial charge in [-0.25, -0.2) is 0 Å². The number of carboxylic acids is 2. The monoisotopic (exact) mass is 205 g/mol. The van der Waals surface area contributed by atoms with Crippen LogP contribution in [0.4, 0.5) is 0 Å². The zero-order valence-electron chi connectivity index (χ0n) is 7.96. The summed E-state index contributed by atoms with van der Waals surface area (Å²) < 4.78 is 0. The van der Waals surface area contributed by atoms with Crippen LogP contribution in [0.3, 0.4) is 0 Å². The van der Waals surface area contributed by atoms with Gasteiger partial charge in [0.15, 0.2) is 0 Å². The van der Waals surface area contributed by atoms with Crippen molar-refractivity contribution in [2.75, 3.05) is 13.1 Å². The van der Waals surface area contributed by atoms with Gasteiger partial charge >= 0.3 is 59.1 Å². The first-order valence-electron chi connectivity index (χ1n) is 3.23. The molecule has 7 heteroatoms. The molecule has 64 valence electrons. The third-order valence-corrected chi connectivity index (χ3v) is 0.996. The molecule has 0 aliphatic carbocycles. The van der Waals surface area contributed by atoms with E-state index in [1.165, 1.54) is 19.5 Å². The molecule has 0 aromatic heterocycles. The summed E-state index contributed by atoms with van der Waals surface area (Å²) in [6.07, 6.45) is 0.361. The van der Waals surface area contributed by atoms with Crippen LogP contribution >= 0.6 is 0 Å². The van der Waals surface area contributed by atoms with Crippen molar-refractivity contribution in [2.24, 2.45) is 0 Å². The summed E-state index contributed by atoms with van der Waals surface area (Å²) >= 11 is 0. The maximum atomic E-state index is 9.28. The number of rotatable bonds is 2. The number of carboxylic acid groups (broad SMARTS) is 2. The Labute approximate surface area is 121 Å². The molecular weight excluding hydrogens is 196 g/mol. The number of carbonyl (C=O) groups is 2. The molecule has 13 heavy (non-hydrogen) atoms. The summed E-state index contributed by atoms with van der Waals surface area (Å²) in [4.78, 5) is 18.6. The van der Waals surface area contributed by atoms with Gasteiger partial charge < -0.3 is 25.1 Å². The van der Waals surface area contributed by atoms with Gasteiger partial charge in [-0.1, -0.05) is 0 Å². The van der Waals surface area contributed by atoms with Crippen LogP contribution in [0.5, 0.6) is 0 Å². The standard InChI is InChI=1S/C3H7N.C3H4O4.2Na/c1-2-4-3-1;4-2(5)1-3(6)7;;/h4H,1-3H2;1H2,(H,4,5)(H,6,7);;/q;;2*+1/p-2. The SMILES string of the molecule is C1CNC1.O=C([O-])CC(=O)[O-].[Na+].[Na+]. The van der Waals surface area contributed by atoms with Crippen molar-refractivity contribution >= 4 is 11.9 Å². The van der Waals surface area contributed by atoms with E-state index in [0.717, 1.165) is 0 Å². The molecule has 1 aliphatic heterocycles. The Hall–Kier alpha value is 0.900. The topological polar surface area (TPSA) is 92.3 Å². The fourth-order valence-corrected chi connectivity index (χ4v) is 0.295. The van der Waals surface area contributed by atoms with Gasteiger partial charge in [0, 0.05) is 18.4 Å². The van der Waals surface area contributed by atoms with Crippen LogP contribution in [0.1, 0.15) is 12.8 Å². The summed E-state index contributed by atoms with van der Waals surface area (Å²) in [6, 6.07) is 0. The van der Waals surface area contributed by atoms with E-state index in [1.54, 1.807) is 0 Å². The predicted octanol–water partition coefficient (Wildman–Crippen LogP) is -9.14. The van der Waals surface area contributed by atoms with Crippen LogP contribution < -0.4 is 74.6 Å². The molecule has 1 rings (SSSR count). The Kier molecular flexibility index (Phi) is 19.3. The van der Waals surface area contributed by atoms with Gasteiger partial charge in [0.2, 0.25) is 0 Å². The number of aliphatic carboxylic acids is 2. The fourth-order valence-electron chi connectivity index (χ4n) is 0.295. The Morgan fingerprint density at radius 1 is 1.08 bits per heavy atom. The fraction of sp³-hybridized carbons (Fsp3) is 0.667. The first-order chi connectivity index (χ1) is 5.13. The van der Waals surface area contributed by atoms with Crippen LogP contribution in [-0.2, 0) is 9.59 Å². The predicted molar refractivity (Wildman–Crippen MR) is 32.1 cm³/mol. The quantitative estimate of drug-likeness (QED) is 0.357. The van der Waals surface area contributed by atoms with Crippen molar-refractivity contribution in [3.8, 4) is 0 Å². The minimum Gasteiger partial charge on any atom is -0.550 e. The molecule has 0 atom stereocenters. The maximum Gasteiger partial charge on any atom is 1.00 e. The van der Waals surface area contributed by atoms with E-state index >= 15 is 0 Å². The van der Waals surface area contributed by atoms with Gasteiger partial charge in [0.1, 0.15) is 0 Å². The molecule has 1 saturated heterocycles. The smallest absolute Gasteiger partial charge is 0.550 e. The molecule has 0 spiro atoms. The molecule has 0 amide bonds. The van der Waals surface area contributed by atoms with E-state index in [1.807, 2.05) is 0 Å². The third-order valence-electron chi connectivity index (χ3n) is 0.996. The molecule has 1 aliphatic rings. The minimum absolute atomic E-state index is 0. The largest absolute Gasteiger partial charge is 1.00 e. The van der Waals surface area contributed by atoms with Gasteiger partial charge in [-0.2, -0.15) is 0 Å². The van der Waals surface area contributed by atoms with Crippen molar-refractivity contribution < 1.29 is 78.9 Å². The molecule has 5 nitrogen and oxygen atoms in total. The summed E-state index contributed by atoms with van der Waals surface area (Å²) in [7, 11) is 0. The normalized spacial score (nSPS) is 11.7. The van der Waals surface area contributed by atoms with Crippen LogP contribution in [-0.4, -0.2) is 25.0 Å². The molecule has 1 fully saturated rings. The zero-order chi connectivity index (χ0) is 8.69. The maximum absolute atomic E-state index is 9.28. The van der Waals surface area contributed by atoms with Crippen LogP contribution in [0.15, 0.2) is 0 Å². The van der Waals surface area contributed by atoms with Gasteiger partial charge in [0.05, 0.1) is 0 Å². The van der Waals surface area contributed by atoms with E-state index in [0.29, 0.717) is 0 Å². The third kappa shape index (κ3) is 19.3. The second-order valence-corrected chi connectivity index (χ2v) is 2.02. The van der Waals surface area contributed by atoms with Crippen LogP contribution in [0.2, 0.25) is 0 Å². The van der Waals surface area contributed by atoms with Gasteiger partial charge in [-0.05, 0) is 19.5 Å². The van der Waals surface area contributed by atoms with E-state index < -0.39 is 18.4 Å². The molecule has 0 bridgehead atoms. The molecule has 0 aromatic rings. The molecule has 1 heterocycles. The number of hydrogen-bond acceptors (Lipinski definition) is 5. The zero-order valence-corrected chi connectivity index (χ0v) is 12.0. The second kappa shape index (κ2) is 12.9. The van der Waals surface area contributed by atoms with E-state index in [9.17, 15) is 19.8 Å². The summed E-state index contributed by atoms with van der Waals surface area (Å²) in [5.41, 5.74) is 0. The number of nitrogens with one attached hydrogen (secondary N) is 1. The van der Waals surface area contributed by atoms with Crippen molar-refractivity contribution in [1.29, 1.82) is 0 Å². The molecule has 0 saturated carbocycles. The number of hydrogen-bond donors (Lipinski definition) is 1. The minimum atomic E-state index is -1.63. The molecule has 0 radical (unpaired) electrons. The summed E-state index contributed by atoms with van der Waals surface area (Å²) in [5.74, 6) is -3.25. The Morgan fingerprint density at radius 3 is 1.31 bits per heavy atom. The molecule has 1 N–H and O–H groups in total. The first kappa shape index (κ1) is 19.5. The Balaban J connectivity index is -0.000000144. The summed E-state index contributed by atoms with van der Waals surface area (Å²) in [5, 5.41) is 21.7. The average molecular weight is 205 g/mol. The second-order valence-electron chi connectivity index (χ2n) is 2.02. The summed E-state index contributed by atoms with van der Waals surface area (Å²) in [6.45, 7) is 2.50. The van der Waals surface area contributed by atoms with Crippen molar-refractivity contribution in [1.82, 2.24) is 5.32 Å². The van der Waals surface area contributed by atoms with Gasteiger partial charge in [-0.3, -0.25) is 0 Å². The Bertz CT molecular complexity index is 134. The van der Waals surface area contributed by atoms with Gasteiger partial charge in [-0.15, -0.1) is 0 Å². The van der Waals surface area contributed by atoms with E-state index in [4.69, 9.17) is 0 Å². The first-order valence-corrected chi connectivity index (χ1v) is 3.23. The van der Waals surface area contributed by atoms with Crippen molar-refractivity contribution in [3.63, 3.8) is 0 Å². The number of carbonyl (C=O) groups excluding carboxylic acids is 2. The van der Waals surface area contributed by atoms with Gasteiger partial charge in [0.25, 0.3) is 0 Å². The Morgan fingerprint density at radius 2 is 1.31 bits per heavy atom. The van der Waals surface area contributed by atoms with Crippen LogP contribution in [0.25, 0.3) is 0 Å². The molecule has 0 aromatic carbocycles. The average Bonchev–Trinajstić information content (AvgIpc) is 1.52. The van der Waals surface area contributed by atoms with Crippen LogP contribution in [0, 0.1) is 0 Å². The molecular formula is C6H9NNa2O4. The van der Waals surface area contributed by atoms with E-state index in [2.05, 4.69) is 5.32 Å². The van der Waals surface area contributed by atoms with Crippen molar-refractivity contribution in [3.05, 3.63) is 0 Å². The van der Waals surface area contributed by atoms with E-state index in [-0.39, 0.29) is 59.1 Å². The molecule has 0 unspecified atom stereocenters.